The molecule has 0 bridgehead atoms. The Morgan fingerprint density at radius 2 is 1.23 bits per heavy atom. The number of aromatic nitrogens is 2. The summed E-state index contributed by atoms with van der Waals surface area (Å²) in [4.78, 5) is 34.2. The number of benzene rings is 2. The van der Waals surface area contributed by atoms with E-state index in [1.807, 2.05) is 20.8 Å². The summed E-state index contributed by atoms with van der Waals surface area (Å²) in [7, 11) is 0. The van der Waals surface area contributed by atoms with Crippen molar-refractivity contribution in [2.75, 3.05) is 13.2 Å². The van der Waals surface area contributed by atoms with E-state index in [0.29, 0.717) is 52.9 Å². The van der Waals surface area contributed by atoms with Crippen molar-refractivity contribution in [1.82, 2.24) is 9.97 Å². The molecule has 0 aliphatic rings. The fraction of sp³-hybridized carbons (Fsp3) is 0.304. The largest absolute Gasteiger partial charge is 0.494 e. The van der Waals surface area contributed by atoms with Crippen LogP contribution in [0, 0.1) is 0 Å². The standard InChI is InChI=1S/C23H22N2O6/c1-4-15(20-24-18-9-7-13(28-5-2)11-16(18)22(26)30-20)21-25-19-10-8-14(29-6-3)12-17(19)23(27)31-21/h7-12,15H,4-6H2,1-3H3. The van der Waals surface area contributed by atoms with E-state index in [1.54, 1.807) is 36.4 Å². The van der Waals surface area contributed by atoms with E-state index in [0.717, 1.165) is 0 Å². The van der Waals surface area contributed by atoms with Gasteiger partial charge in [-0.1, -0.05) is 6.92 Å². The summed E-state index contributed by atoms with van der Waals surface area (Å²) < 4.78 is 21.9. The van der Waals surface area contributed by atoms with Crippen LogP contribution in [0.3, 0.4) is 0 Å². The average Bonchev–Trinajstić information content (AvgIpc) is 2.76. The van der Waals surface area contributed by atoms with E-state index >= 15 is 0 Å². The molecule has 8 heteroatoms. The number of hydrogen-bond acceptors (Lipinski definition) is 8. The van der Waals surface area contributed by atoms with Gasteiger partial charge in [0.15, 0.2) is 0 Å². The summed E-state index contributed by atoms with van der Waals surface area (Å²) >= 11 is 0. The van der Waals surface area contributed by atoms with Crippen LogP contribution in [0.1, 0.15) is 44.9 Å². The summed E-state index contributed by atoms with van der Waals surface area (Å²) in [5.74, 6) is 0.831. The highest BCUT2D eigenvalue weighted by Gasteiger charge is 2.24. The fourth-order valence-electron chi connectivity index (χ4n) is 3.40. The normalized spacial score (nSPS) is 11.4. The highest BCUT2D eigenvalue weighted by atomic mass is 16.5. The first-order valence-corrected chi connectivity index (χ1v) is 10.2. The van der Waals surface area contributed by atoms with Gasteiger partial charge in [-0.2, -0.15) is 0 Å². The van der Waals surface area contributed by atoms with Crippen molar-refractivity contribution in [3.63, 3.8) is 0 Å². The first-order chi connectivity index (χ1) is 15.0. The van der Waals surface area contributed by atoms with Crippen LogP contribution in [0.5, 0.6) is 11.5 Å². The molecule has 31 heavy (non-hydrogen) atoms. The summed E-state index contributed by atoms with van der Waals surface area (Å²) in [6.07, 6.45) is 0.469. The second kappa shape index (κ2) is 8.59. The van der Waals surface area contributed by atoms with E-state index in [2.05, 4.69) is 9.97 Å². The van der Waals surface area contributed by atoms with Crippen LogP contribution in [-0.4, -0.2) is 23.2 Å². The number of hydrogen-bond donors (Lipinski definition) is 0. The first kappa shape index (κ1) is 20.6. The molecule has 0 aliphatic heterocycles. The highest BCUT2D eigenvalue weighted by molar-refractivity contribution is 5.79. The van der Waals surface area contributed by atoms with Gasteiger partial charge in [-0.15, -0.1) is 0 Å². The molecule has 0 amide bonds. The molecule has 0 aliphatic carbocycles. The zero-order chi connectivity index (χ0) is 22.0. The molecule has 8 nitrogen and oxygen atoms in total. The van der Waals surface area contributed by atoms with Crippen molar-refractivity contribution in [1.29, 1.82) is 0 Å². The second-order valence-corrected chi connectivity index (χ2v) is 6.86. The summed E-state index contributed by atoms with van der Waals surface area (Å²) in [5.41, 5.74) is -0.135. The molecular formula is C23H22N2O6. The van der Waals surface area contributed by atoms with E-state index in [-0.39, 0.29) is 11.8 Å². The Bertz CT molecular complexity index is 1250. The minimum Gasteiger partial charge on any atom is -0.494 e. The van der Waals surface area contributed by atoms with Crippen molar-refractivity contribution in [3.05, 3.63) is 69.0 Å². The highest BCUT2D eigenvalue weighted by Crippen LogP contribution is 2.27. The summed E-state index contributed by atoms with van der Waals surface area (Å²) in [6.45, 7) is 6.57. The zero-order valence-corrected chi connectivity index (χ0v) is 17.5. The maximum absolute atomic E-state index is 12.6. The minimum atomic E-state index is -0.590. The van der Waals surface area contributed by atoms with Crippen LogP contribution in [0.25, 0.3) is 21.8 Å². The number of rotatable bonds is 7. The topological polar surface area (TPSA) is 105 Å². The predicted octanol–water partition coefficient (Wildman–Crippen LogP) is 4.03. The van der Waals surface area contributed by atoms with Crippen LogP contribution in [0.4, 0.5) is 0 Å². The van der Waals surface area contributed by atoms with Crippen LogP contribution in [0.2, 0.25) is 0 Å². The second-order valence-electron chi connectivity index (χ2n) is 6.86. The van der Waals surface area contributed by atoms with Crippen molar-refractivity contribution < 1.29 is 18.3 Å². The summed E-state index contributed by atoms with van der Waals surface area (Å²) in [5, 5.41) is 0.641. The van der Waals surface area contributed by atoms with Gasteiger partial charge >= 0.3 is 11.3 Å². The third-order valence-corrected chi connectivity index (χ3v) is 4.86. The average molecular weight is 422 g/mol. The lowest BCUT2D eigenvalue weighted by Gasteiger charge is -2.12. The monoisotopic (exact) mass is 422 g/mol. The first-order valence-electron chi connectivity index (χ1n) is 10.2. The van der Waals surface area contributed by atoms with Gasteiger partial charge in [0.05, 0.1) is 35.0 Å². The number of ether oxygens (including phenoxy) is 2. The van der Waals surface area contributed by atoms with Gasteiger partial charge in [-0.3, -0.25) is 0 Å². The molecule has 2 aromatic heterocycles. The smallest absolute Gasteiger partial charge is 0.346 e. The van der Waals surface area contributed by atoms with Crippen LogP contribution in [-0.2, 0) is 0 Å². The van der Waals surface area contributed by atoms with Crippen molar-refractivity contribution in [2.24, 2.45) is 0 Å². The van der Waals surface area contributed by atoms with Crippen molar-refractivity contribution in [3.8, 4) is 11.5 Å². The molecule has 0 spiro atoms. The number of nitrogens with zero attached hydrogens (tertiary/aromatic N) is 2. The molecule has 0 saturated heterocycles. The Morgan fingerprint density at radius 3 is 1.61 bits per heavy atom. The fourth-order valence-corrected chi connectivity index (χ4v) is 3.40. The lowest BCUT2D eigenvalue weighted by atomic mass is 10.1. The third-order valence-electron chi connectivity index (χ3n) is 4.86. The maximum Gasteiger partial charge on any atom is 0.346 e. The Hall–Kier alpha value is -3.68. The lowest BCUT2D eigenvalue weighted by molar-refractivity contribution is 0.339. The molecule has 2 aromatic carbocycles. The van der Waals surface area contributed by atoms with E-state index in [1.165, 1.54) is 0 Å². The van der Waals surface area contributed by atoms with E-state index < -0.39 is 17.2 Å². The molecule has 2 heterocycles. The molecule has 0 fully saturated rings. The Balaban J connectivity index is 1.79. The van der Waals surface area contributed by atoms with E-state index in [9.17, 15) is 9.59 Å². The minimum absolute atomic E-state index is 0.144. The van der Waals surface area contributed by atoms with Crippen molar-refractivity contribution in [2.45, 2.75) is 33.1 Å². The van der Waals surface area contributed by atoms with Gasteiger partial charge in [-0.25, -0.2) is 19.6 Å². The number of fused-ring (bicyclic) bond motifs is 2. The Labute approximate surface area is 177 Å². The predicted molar refractivity (Wildman–Crippen MR) is 115 cm³/mol. The molecule has 0 atom stereocenters. The Morgan fingerprint density at radius 1 is 0.774 bits per heavy atom. The molecule has 4 aromatic rings. The summed E-state index contributed by atoms with van der Waals surface area (Å²) in [6, 6.07) is 10.1. The SMILES string of the molecule is CCOc1ccc2nc(C(CC)c3nc4ccc(OCC)cc4c(=O)o3)oc(=O)c2c1. The van der Waals surface area contributed by atoms with Gasteiger partial charge < -0.3 is 18.3 Å². The third kappa shape index (κ3) is 4.01. The molecular weight excluding hydrogens is 400 g/mol. The maximum atomic E-state index is 12.6. The zero-order valence-electron chi connectivity index (χ0n) is 17.5. The molecule has 0 saturated carbocycles. The van der Waals surface area contributed by atoms with Crippen LogP contribution in [0.15, 0.2) is 54.8 Å². The van der Waals surface area contributed by atoms with E-state index in [4.69, 9.17) is 18.3 Å². The van der Waals surface area contributed by atoms with Crippen molar-refractivity contribution >= 4 is 21.8 Å². The molecule has 160 valence electrons. The molecule has 0 N–H and O–H groups in total. The van der Waals surface area contributed by atoms with Gasteiger partial charge in [0.25, 0.3) is 0 Å². The van der Waals surface area contributed by atoms with Crippen LogP contribution < -0.4 is 20.7 Å². The lowest BCUT2D eigenvalue weighted by Crippen LogP contribution is -2.14. The van der Waals surface area contributed by atoms with Gasteiger partial charge in [0.1, 0.15) is 17.4 Å². The van der Waals surface area contributed by atoms with Gasteiger partial charge in [0.2, 0.25) is 11.8 Å². The van der Waals surface area contributed by atoms with Crippen LogP contribution >= 0.6 is 0 Å². The molecule has 0 radical (unpaired) electrons. The van der Waals surface area contributed by atoms with Gasteiger partial charge in [0, 0.05) is 0 Å². The Kier molecular flexibility index (Phi) is 5.70. The molecule has 0 unspecified atom stereocenters. The van der Waals surface area contributed by atoms with Gasteiger partial charge in [-0.05, 0) is 56.7 Å². The molecule has 4 rings (SSSR count). The quantitative estimate of drug-likeness (QED) is 0.440.